The fourth-order valence-electron chi connectivity index (χ4n) is 3.24. The Morgan fingerprint density at radius 3 is 2.72 bits per heavy atom. The lowest BCUT2D eigenvalue weighted by Crippen LogP contribution is -2.45. The second kappa shape index (κ2) is 9.20. The number of methoxy groups -OCH3 is 1. The highest BCUT2D eigenvalue weighted by Gasteiger charge is 2.26. The van der Waals surface area contributed by atoms with Crippen molar-refractivity contribution in [2.75, 3.05) is 40.0 Å². The zero-order chi connectivity index (χ0) is 17.5. The maximum atomic E-state index is 12.7. The number of benzene rings is 1. The van der Waals surface area contributed by atoms with Crippen LogP contribution in [0.4, 0.5) is 0 Å². The van der Waals surface area contributed by atoms with Crippen molar-refractivity contribution >= 4 is 5.91 Å². The summed E-state index contributed by atoms with van der Waals surface area (Å²) in [5, 5.41) is 3.66. The average Bonchev–Trinajstić information content (AvgIpc) is 3.48. The third kappa shape index (κ3) is 5.72. The number of nitrogens with one attached hydrogen (secondary N) is 1. The summed E-state index contributed by atoms with van der Waals surface area (Å²) in [7, 11) is 1.68. The monoisotopic (exact) mass is 346 g/mol. The maximum Gasteiger partial charge on any atom is 0.253 e. The summed E-state index contributed by atoms with van der Waals surface area (Å²) in [5.74, 6) is 1.78. The van der Waals surface area contributed by atoms with Crippen molar-refractivity contribution in [1.82, 2.24) is 10.2 Å². The molecule has 1 heterocycles. The lowest BCUT2D eigenvalue weighted by molar-refractivity contribution is 0.0704. The van der Waals surface area contributed by atoms with Gasteiger partial charge in [-0.1, -0.05) is 6.07 Å². The van der Waals surface area contributed by atoms with Crippen LogP contribution in [0.15, 0.2) is 24.3 Å². The second-order valence-corrected chi connectivity index (χ2v) is 7.14. The molecule has 5 heteroatoms. The molecule has 5 nitrogen and oxygen atoms in total. The number of piperidine rings is 1. The number of carbonyl (C=O) groups excluding carboxylic acids is 1. The molecule has 2 aliphatic rings. The lowest BCUT2D eigenvalue weighted by Gasteiger charge is -2.32. The second-order valence-electron chi connectivity index (χ2n) is 7.14. The van der Waals surface area contributed by atoms with E-state index in [1.54, 1.807) is 7.11 Å². The zero-order valence-corrected chi connectivity index (χ0v) is 15.2. The number of ether oxygens (including phenoxy) is 2. The van der Waals surface area contributed by atoms with Crippen molar-refractivity contribution < 1.29 is 14.3 Å². The first-order valence-corrected chi connectivity index (χ1v) is 9.50. The number of nitrogens with zero attached hydrogens (tertiary/aromatic N) is 1. The molecular weight excluding hydrogens is 316 g/mol. The molecule has 0 bridgehead atoms. The van der Waals surface area contributed by atoms with Crippen LogP contribution in [0.3, 0.4) is 0 Å². The number of rotatable bonds is 9. The quantitative estimate of drug-likeness (QED) is 0.699. The SMILES string of the molecule is COCCCOc1cccc(C(=O)N2CCC(NCC3CC3)CC2)c1. The molecule has 1 saturated heterocycles. The van der Waals surface area contributed by atoms with E-state index in [4.69, 9.17) is 9.47 Å². The van der Waals surface area contributed by atoms with Gasteiger partial charge in [-0.3, -0.25) is 4.79 Å². The van der Waals surface area contributed by atoms with Crippen LogP contribution in [0.1, 0.15) is 42.5 Å². The van der Waals surface area contributed by atoms with Crippen molar-refractivity contribution in [3.63, 3.8) is 0 Å². The molecule has 0 unspecified atom stereocenters. The van der Waals surface area contributed by atoms with Crippen molar-refractivity contribution in [2.45, 2.75) is 38.1 Å². The van der Waals surface area contributed by atoms with E-state index in [0.717, 1.165) is 50.6 Å². The number of hydrogen-bond donors (Lipinski definition) is 1. The Kier molecular flexibility index (Phi) is 6.70. The Morgan fingerprint density at radius 2 is 2.00 bits per heavy atom. The molecule has 1 aliphatic heterocycles. The van der Waals surface area contributed by atoms with Crippen molar-refractivity contribution in [3.8, 4) is 5.75 Å². The maximum absolute atomic E-state index is 12.7. The molecule has 1 aliphatic carbocycles. The normalized spacial score (nSPS) is 18.4. The van der Waals surface area contributed by atoms with Gasteiger partial charge in [0, 0.05) is 44.8 Å². The summed E-state index contributed by atoms with van der Waals surface area (Å²) in [5.41, 5.74) is 0.716. The van der Waals surface area contributed by atoms with Gasteiger partial charge >= 0.3 is 0 Å². The molecule has 3 rings (SSSR count). The number of carbonyl (C=O) groups is 1. The minimum atomic E-state index is 0.114. The minimum Gasteiger partial charge on any atom is -0.493 e. The summed E-state index contributed by atoms with van der Waals surface area (Å²) in [4.78, 5) is 14.7. The van der Waals surface area contributed by atoms with Crippen LogP contribution in [-0.4, -0.2) is 56.8 Å². The van der Waals surface area contributed by atoms with Crippen LogP contribution in [0, 0.1) is 5.92 Å². The van der Waals surface area contributed by atoms with Crippen LogP contribution < -0.4 is 10.1 Å². The Morgan fingerprint density at radius 1 is 1.20 bits per heavy atom. The molecule has 0 aromatic heterocycles. The van der Waals surface area contributed by atoms with Gasteiger partial charge < -0.3 is 19.7 Å². The van der Waals surface area contributed by atoms with E-state index >= 15 is 0 Å². The number of likely N-dealkylation sites (tertiary alicyclic amines) is 1. The van der Waals surface area contributed by atoms with Gasteiger partial charge in [0.15, 0.2) is 0 Å². The van der Waals surface area contributed by atoms with Crippen molar-refractivity contribution in [1.29, 1.82) is 0 Å². The fraction of sp³-hybridized carbons (Fsp3) is 0.650. The summed E-state index contributed by atoms with van der Waals surface area (Å²) in [6, 6.07) is 8.09. The standard InChI is InChI=1S/C20H30N2O3/c1-24-12-3-13-25-19-5-2-4-17(14-19)20(23)22-10-8-18(9-11-22)21-15-16-6-7-16/h2,4-5,14,16,18,21H,3,6-13,15H2,1H3. The Hall–Kier alpha value is -1.59. The summed E-state index contributed by atoms with van der Waals surface area (Å²) < 4.78 is 10.7. The van der Waals surface area contributed by atoms with Crippen molar-refractivity contribution in [2.24, 2.45) is 5.92 Å². The molecule has 1 N–H and O–H groups in total. The van der Waals surface area contributed by atoms with E-state index < -0.39 is 0 Å². The molecule has 1 amide bonds. The van der Waals surface area contributed by atoms with Crippen LogP contribution in [0.25, 0.3) is 0 Å². The molecule has 0 radical (unpaired) electrons. The first kappa shape index (κ1) is 18.2. The first-order chi connectivity index (χ1) is 12.3. The molecule has 25 heavy (non-hydrogen) atoms. The van der Waals surface area contributed by atoms with Gasteiger partial charge in [0.05, 0.1) is 6.61 Å². The smallest absolute Gasteiger partial charge is 0.253 e. The van der Waals surface area contributed by atoms with Gasteiger partial charge in [0.2, 0.25) is 0 Å². The van der Waals surface area contributed by atoms with E-state index in [-0.39, 0.29) is 5.91 Å². The van der Waals surface area contributed by atoms with Gasteiger partial charge in [-0.15, -0.1) is 0 Å². The molecule has 2 fully saturated rings. The van der Waals surface area contributed by atoms with Crippen LogP contribution in [-0.2, 0) is 4.74 Å². The summed E-state index contributed by atoms with van der Waals surface area (Å²) in [6.07, 6.45) is 5.70. The van der Waals surface area contributed by atoms with Crippen LogP contribution in [0.5, 0.6) is 5.75 Å². The highest BCUT2D eigenvalue weighted by atomic mass is 16.5. The molecular formula is C20H30N2O3. The first-order valence-electron chi connectivity index (χ1n) is 9.50. The molecule has 138 valence electrons. The van der Waals surface area contributed by atoms with Crippen LogP contribution in [0.2, 0.25) is 0 Å². The number of amides is 1. The Labute approximate surface area is 150 Å². The molecule has 0 spiro atoms. The Bertz CT molecular complexity index is 552. The molecule has 0 atom stereocenters. The van der Waals surface area contributed by atoms with E-state index in [2.05, 4.69) is 5.32 Å². The van der Waals surface area contributed by atoms with E-state index in [0.29, 0.717) is 24.8 Å². The summed E-state index contributed by atoms with van der Waals surface area (Å²) >= 11 is 0. The highest BCUT2D eigenvalue weighted by molar-refractivity contribution is 5.94. The average molecular weight is 346 g/mol. The third-order valence-corrected chi connectivity index (χ3v) is 5.02. The number of hydrogen-bond acceptors (Lipinski definition) is 4. The van der Waals surface area contributed by atoms with Gasteiger partial charge in [0.1, 0.15) is 5.75 Å². The Balaban J connectivity index is 1.45. The van der Waals surface area contributed by atoms with Gasteiger partial charge in [-0.2, -0.15) is 0 Å². The van der Waals surface area contributed by atoms with Gasteiger partial charge in [0.25, 0.3) is 5.91 Å². The largest absolute Gasteiger partial charge is 0.493 e. The minimum absolute atomic E-state index is 0.114. The predicted octanol–water partition coefficient (Wildman–Crippen LogP) is 2.71. The topological polar surface area (TPSA) is 50.8 Å². The van der Waals surface area contributed by atoms with Crippen molar-refractivity contribution in [3.05, 3.63) is 29.8 Å². The lowest BCUT2D eigenvalue weighted by atomic mass is 10.0. The zero-order valence-electron chi connectivity index (χ0n) is 15.2. The van der Waals surface area contributed by atoms with E-state index in [9.17, 15) is 4.79 Å². The molecule has 1 aromatic carbocycles. The molecule has 1 saturated carbocycles. The fourth-order valence-corrected chi connectivity index (χ4v) is 3.24. The van der Waals surface area contributed by atoms with E-state index in [1.807, 2.05) is 29.2 Å². The predicted molar refractivity (Wildman–Crippen MR) is 98.1 cm³/mol. The van der Waals surface area contributed by atoms with Gasteiger partial charge in [-0.25, -0.2) is 0 Å². The summed E-state index contributed by atoms with van der Waals surface area (Å²) in [6.45, 7) is 4.10. The highest BCUT2D eigenvalue weighted by Crippen LogP contribution is 2.28. The third-order valence-electron chi connectivity index (χ3n) is 5.02. The van der Waals surface area contributed by atoms with Gasteiger partial charge in [-0.05, 0) is 56.3 Å². The molecule has 1 aromatic rings. The van der Waals surface area contributed by atoms with Crippen LogP contribution >= 0.6 is 0 Å². The van der Waals surface area contributed by atoms with E-state index in [1.165, 1.54) is 12.8 Å².